The van der Waals surface area contributed by atoms with Crippen LogP contribution in [0.25, 0.3) is 10.8 Å². The summed E-state index contributed by atoms with van der Waals surface area (Å²) in [6.45, 7) is 0. The number of halogens is 1. The van der Waals surface area contributed by atoms with E-state index in [0.717, 1.165) is 10.8 Å². The summed E-state index contributed by atoms with van der Waals surface area (Å²) >= 11 is -2.88. The third kappa shape index (κ3) is 1.32. The normalized spacial score (nSPS) is 16.6. The quantitative estimate of drug-likeness (QED) is 0.698. The molecule has 0 amide bonds. The fraction of sp³-hybridized carbons (Fsp3) is 0. The first kappa shape index (κ1) is 9.11. The Labute approximate surface area is 94.2 Å². The van der Waals surface area contributed by atoms with Gasteiger partial charge >= 0.3 is 94.2 Å². The molecule has 3 rings (SSSR count). The zero-order chi connectivity index (χ0) is 10.4. The van der Waals surface area contributed by atoms with Crippen molar-refractivity contribution in [2.75, 3.05) is 0 Å². The van der Waals surface area contributed by atoms with E-state index in [9.17, 15) is 8.23 Å². The van der Waals surface area contributed by atoms with Crippen molar-refractivity contribution in [2.45, 2.75) is 0 Å². The third-order valence-corrected chi connectivity index (χ3v) is 5.00. The van der Waals surface area contributed by atoms with Crippen LogP contribution in [0, 0.1) is 3.57 Å². The van der Waals surface area contributed by atoms with Crippen LogP contribution in [0.1, 0.15) is 10.4 Å². The van der Waals surface area contributed by atoms with Crippen molar-refractivity contribution in [2.24, 2.45) is 0 Å². The van der Waals surface area contributed by atoms with Crippen LogP contribution < -0.4 is 3.44 Å². The van der Waals surface area contributed by atoms with Gasteiger partial charge in [0, 0.05) is 0 Å². The molecule has 3 nitrogen and oxygen atoms in total. The molecule has 1 aliphatic rings. The monoisotopic (exact) mass is 313 g/mol. The topological polar surface area (TPSA) is 49.4 Å². The zero-order valence-electron chi connectivity index (χ0n) is 7.57. The fourth-order valence-corrected chi connectivity index (χ4v) is 3.92. The van der Waals surface area contributed by atoms with E-state index in [1.54, 1.807) is 12.1 Å². The predicted molar refractivity (Wildman–Crippen MR) is 62.1 cm³/mol. The van der Waals surface area contributed by atoms with E-state index in [-0.39, 0.29) is 0 Å². The van der Waals surface area contributed by atoms with E-state index in [1.165, 1.54) is 0 Å². The van der Waals surface area contributed by atoms with Gasteiger partial charge in [0.25, 0.3) is 0 Å². The molecule has 2 aromatic carbocycles. The van der Waals surface area contributed by atoms with E-state index in [2.05, 4.69) is 0 Å². The average Bonchev–Trinajstić information content (AvgIpc) is 2.52. The van der Waals surface area contributed by atoms with E-state index >= 15 is 0 Å². The molecular formula is C11H6IO3-. The number of hydrogen-bond acceptors (Lipinski definition) is 3. The predicted octanol–water partition coefficient (Wildman–Crippen LogP) is 1.88. The molecule has 0 spiro atoms. The molecule has 2 aromatic rings. The first-order chi connectivity index (χ1) is 7.25. The molecule has 1 heterocycles. The molecule has 0 fully saturated rings. The molecular weight excluding hydrogens is 307 g/mol. The van der Waals surface area contributed by atoms with Crippen molar-refractivity contribution >= 4 is 37.4 Å². The Morgan fingerprint density at radius 2 is 1.80 bits per heavy atom. The van der Waals surface area contributed by atoms with Crippen LogP contribution >= 0.6 is 20.6 Å². The summed E-state index contributed by atoms with van der Waals surface area (Å²) in [5, 5.41) is 1.96. The van der Waals surface area contributed by atoms with Crippen molar-refractivity contribution in [1.82, 2.24) is 0 Å². The van der Waals surface area contributed by atoms with Gasteiger partial charge in [0.1, 0.15) is 0 Å². The van der Waals surface area contributed by atoms with Crippen LogP contribution in [0.4, 0.5) is 0 Å². The Morgan fingerprint density at radius 1 is 1.13 bits per heavy atom. The van der Waals surface area contributed by atoms with E-state index in [4.69, 9.17) is 3.07 Å². The summed E-state index contributed by atoms with van der Waals surface area (Å²) in [6.07, 6.45) is 0. The van der Waals surface area contributed by atoms with Gasteiger partial charge in [-0.1, -0.05) is 0 Å². The maximum absolute atomic E-state index is 11.5. The molecule has 0 atom stereocenters. The second-order valence-corrected chi connectivity index (χ2v) is 6.10. The van der Waals surface area contributed by atoms with Crippen molar-refractivity contribution in [3.63, 3.8) is 0 Å². The molecule has 0 radical (unpaired) electrons. The number of hydrogen-bond donors (Lipinski definition) is 0. The summed E-state index contributed by atoms with van der Waals surface area (Å²) in [5.74, 6) is -0.448. The Kier molecular flexibility index (Phi) is 1.93. The van der Waals surface area contributed by atoms with Gasteiger partial charge in [-0.25, -0.2) is 0 Å². The third-order valence-electron chi connectivity index (χ3n) is 2.36. The summed E-state index contributed by atoms with van der Waals surface area (Å²) in [7, 11) is 0. The first-order valence-electron chi connectivity index (χ1n) is 4.39. The van der Waals surface area contributed by atoms with E-state index in [1.807, 2.05) is 24.3 Å². The molecule has 4 heteroatoms. The minimum absolute atomic E-state index is 0.448. The SMILES string of the molecule is O=C1OI([O-])c2cc3ccccc3cc21. The molecule has 15 heavy (non-hydrogen) atoms. The molecule has 0 aromatic heterocycles. The molecule has 0 saturated heterocycles. The molecule has 1 aliphatic heterocycles. The number of fused-ring (bicyclic) bond motifs is 2. The molecule has 0 aliphatic carbocycles. The maximum atomic E-state index is 11.5. The molecule has 76 valence electrons. The van der Waals surface area contributed by atoms with Gasteiger partial charge in [0.2, 0.25) is 0 Å². The number of rotatable bonds is 0. The zero-order valence-corrected chi connectivity index (χ0v) is 9.72. The number of benzene rings is 2. The van der Waals surface area contributed by atoms with Crippen molar-refractivity contribution < 1.29 is 11.3 Å². The summed E-state index contributed by atoms with van der Waals surface area (Å²) < 4.78 is 16.9. The van der Waals surface area contributed by atoms with Crippen molar-refractivity contribution in [3.8, 4) is 0 Å². The molecule has 0 bridgehead atoms. The van der Waals surface area contributed by atoms with Crippen LogP contribution in [0.15, 0.2) is 36.4 Å². The average molecular weight is 313 g/mol. The Bertz CT molecular complexity index is 565. The molecule has 0 unspecified atom stereocenters. The van der Waals surface area contributed by atoms with Crippen molar-refractivity contribution in [3.05, 3.63) is 45.5 Å². The second kappa shape index (κ2) is 3.18. The van der Waals surface area contributed by atoms with Gasteiger partial charge in [-0.15, -0.1) is 0 Å². The standard InChI is InChI=1S/C11H6IO3/c13-11-9-5-7-3-1-2-4-8(7)6-10(9)12(14)15-11/h1-6H/q-1. The summed E-state index contributed by atoms with van der Waals surface area (Å²) in [5.41, 5.74) is 0.467. The van der Waals surface area contributed by atoms with Gasteiger partial charge < -0.3 is 0 Å². The second-order valence-electron chi connectivity index (χ2n) is 3.26. The van der Waals surface area contributed by atoms with Gasteiger partial charge in [-0.2, -0.15) is 0 Å². The van der Waals surface area contributed by atoms with Crippen LogP contribution in [0.2, 0.25) is 0 Å². The molecule has 0 N–H and O–H groups in total. The van der Waals surface area contributed by atoms with Gasteiger partial charge in [0.15, 0.2) is 0 Å². The van der Waals surface area contributed by atoms with Crippen LogP contribution in [0.5, 0.6) is 0 Å². The van der Waals surface area contributed by atoms with Gasteiger partial charge in [-0.05, 0) is 0 Å². The van der Waals surface area contributed by atoms with Crippen molar-refractivity contribution in [1.29, 1.82) is 0 Å². The number of carbonyl (C=O) groups excluding carboxylic acids is 1. The first-order valence-corrected chi connectivity index (χ1v) is 7.23. The summed E-state index contributed by atoms with van der Waals surface area (Å²) in [6, 6.07) is 11.2. The minimum atomic E-state index is -2.88. The van der Waals surface area contributed by atoms with Crippen LogP contribution in [-0.4, -0.2) is 5.97 Å². The Hall–Kier alpha value is -1.14. The van der Waals surface area contributed by atoms with Gasteiger partial charge in [-0.3, -0.25) is 0 Å². The van der Waals surface area contributed by atoms with E-state index < -0.39 is 26.6 Å². The Balaban J connectivity index is 2.36. The summed E-state index contributed by atoms with van der Waals surface area (Å²) in [4.78, 5) is 11.3. The van der Waals surface area contributed by atoms with Crippen LogP contribution in [-0.2, 0) is 3.07 Å². The number of carbonyl (C=O) groups is 1. The van der Waals surface area contributed by atoms with E-state index in [0.29, 0.717) is 9.13 Å². The van der Waals surface area contributed by atoms with Gasteiger partial charge in [0.05, 0.1) is 0 Å². The van der Waals surface area contributed by atoms with Crippen LogP contribution in [0.3, 0.4) is 0 Å². The molecule has 0 saturated carbocycles. The fourth-order valence-electron chi connectivity index (χ4n) is 1.64. The Morgan fingerprint density at radius 3 is 2.53 bits per heavy atom.